The predicted molar refractivity (Wildman–Crippen MR) is 100.0 cm³/mol. The van der Waals surface area contributed by atoms with Crippen LogP contribution in [-0.4, -0.2) is 30.1 Å². The summed E-state index contributed by atoms with van der Waals surface area (Å²) in [6.07, 6.45) is 0. The molecule has 0 atom stereocenters. The lowest BCUT2D eigenvalue weighted by atomic mass is 10.1. The van der Waals surface area contributed by atoms with Crippen LogP contribution in [0.1, 0.15) is 16.8 Å². The summed E-state index contributed by atoms with van der Waals surface area (Å²) in [7, 11) is 0. The Morgan fingerprint density at radius 1 is 1.08 bits per heavy atom. The molecule has 0 aliphatic rings. The Morgan fingerprint density at radius 2 is 1.73 bits per heavy atom. The molecule has 6 nitrogen and oxygen atoms in total. The zero-order valence-electron chi connectivity index (χ0n) is 14.6. The molecule has 0 saturated carbocycles. The molecule has 138 valence electrons. The number of rotatable bonds is 6. The molecule has 0 radical (unpaired) electrons. The number of para-hydroxylation sites is 1. The molecule has 0 fully saturated rings. The number of anilines is 1. The van der Waals surface area contributed by atoms with E-state index in [1.807, 2.05) is 32.0 Å². The minimum Gasteiger partial charge on any atom is -0.481 e. The van der Waals surface area contributed by atoms with Gasteiger partial charge in [-0.3, -0.25) is 4.79 Å². The number of halogens is 2. The first kappa shape index (κ1) is 20.0. The molecule has 0 saturated heterocycles. The second-order valence-corrected chi connectivity index (χ2v) is 6.42. The molecule has 0 unspecified atom stereocenters. The maximum Gasteiger partial charge on any atom is 0.344 e. The number of aryl methyl sites for hydroxylation is 3. The average molecular weight is 397 g/mol. The van der Waals surface area contributed by atoms with Crippen LogP contribution in [0.5, 0.6) is 5.75 Å². The molecule has 8 heteroatoms. The van der Waals surface area contributed by atoms with Gasteiger partial charge < -0.3 is 14.8 Å². The molecule has 1 amide bonds. The highest BCUT2D eigenvalue weighted by molar-refractivity contribution is 6.36. The monoisotopic (exact) mass is 396 g/mol. The molecule has 1 heterocycles. The maximum atomic E-state index is 11.9. The first-order valence-corrected chi connectivity index (χ1v) is 8.50. The lowest BCUT2D eigenvalue weighted by Gasteiger charge is -2.12. The van der Waals surface area contributed by atoms with Gasteiger partial charge in [0, 0.05) is 0 Å². The average Bonchev–Trinajstić information content (AvgIpc) is 2.57. The number of carbonyl (C=O) groups is 2. The number of nitrogens with zero attached hydrogens (tertiary/aromatic N) is 1. The van der Waals surface area contributed by atoms with Crippen LogP contribution in [0.4, 0.5) is 5.82 Å². The van der Waals surface area contributed by atoms with Gasteiger partial charge in [-0.2, -0.15) is 0 Å². The fraction of sp³-hybridized carbons (Fsp3) is 0.278. The number of aromatic nitrogens is 1. The molecule has 2 rings (SSSR count). The topological polar surface area (TPSA) is 77.5 Å². The van der Waals surface area contributed by atoms with E-state index in [4.69, 9.17) is 32.7 Å². The summed E-state index contributed by atoms with van der Waals surface area (Å²) in [5.41, 5.74) is 2.34. The molecular weight excluding hydrogens is 379 g/mol. The SMILES string of the molecule is Cc1cccc(C)c1OCC(=O)OCC(=O)Nc1nc(C)c(Cl)cc1Cl. The third-order valence-electron chi connectivity index (χ3n) is 3.47. The van der Waals surface area contributed by atoms with Gasteiger partial charge in [-0.05, 0) is 38.0 Å². The predicted octanol–water partition coefficient (Wildman–Crippen LogP) is 3.87. The standard InChI is InChI=1S/C18H18Cl2N2O4/c1-10-5-4-6-11(2)17(10)26-9-16(24)25-8-15(23)22-18-14(20)7-13(19)12(3)21-18/h4-7H,8-9H2,1-3H3,(H,21,22,23). The molecule has 1 aromatic heterocycles. The zero-order chi connectivity index (χ0) is 19.3. The van der Waals surface area contributed by atoms with E-state index in [0.717, 1.165) is 11.1 Å². The van der Waals surface area contributed by atoms with Crippen molar-refractivity contribution < 1.29 is 19.1 Å². The van der Waals surface area contributed by atoms with E-state index >= 15 is 0 Å². The number of esters is 1. The van der Waals surface area contributed by atoms with E-state index in [9.17, 15) is 9.59 Å². The van der Waals surface area contributed by atoms with Crippen molar-refractivity contribution in [3.8, 4) is 5.75 Å². The van der Waals surface area contributed by atoms with Crippen molar-refractivity contribution in [3.05, 3.63) is 51.1 Å². The third-order valence-corrected chi connectivity index (χ3v) is 4.14. The number of hydrogen-bond acceptors (Lipinski definition) is 5. The van der Waals surface area contributed by atoms with Crippen molar-refractivity contribution in [1.82, 2.24) is 4.98 Å². The van der Waals surface area contributed by atoms with Crippen molar-refractivity contribution in [2.24, 2.45) is 0 Å². The Labute approximate surface area is 161 Å². The van der Waals surface area contributed by atoms with Crippen LogP contribution in [-0.2, 0) is 14.3 Å². The highest BCUT2D eigenvalue weighted by Crippen LogP contribution is 2.25. The first-order valence-electron chi connectivity index (χ1n) is 7.75. The summed E-state index contributed by atoms with van der Waals surface area (Å²) in [5.74, 6) is -0.446. The van der Waals surface area contributed by atoms with E-state index in [-0.39, 0.29) is 17.4 Å². The molecule has 2 aromatic rings. The minimum atomic E-state index is -0.658. The van der Waals surface area contributed by atoms with E-state index in [1.165, 1.54) is 6.07 Å². The van der Waals surface area contributed by atoms with E-state index in [1.54, 1.807) is 6.92 Å². The van der Waals surface area contributed by atoms with Crippen LogP contribution in [0.25, 0.3) is 0 Å². The number of amides is 1. The van der Waals surface area contributed by atoms with Crippen LogP contribution < -0.4 is 10.1 Å². The maximum absolute atomic E-state index is 11.9. The van der Waals surface area contributed by atoms with Gasteiger partial charge in [-0.15, -0.1) is 0 Å². The summed E-state index contributed by atoms with van der Waals surface area (Å²) < 4.78 is 10.4. The molecule has 26 heavy (non-hydrogen) atoms. The van der Waals surface area contributed by atoms with Gasteiger partial charge in [-0.25, -0.2) is 9.78 Å². The van der Waals surface area contributed by atoms with Gasteiger partial charge in [0.2, 0.25) is 0 Å². The van der Waals surface area contributed by atoms with Crippen LogP contribution >= 0.6 is 23.2 Å². The quantitative estimate of drug-likeness (QED) is 0.749. The largest absolute Gasteiger partial charge is 0.481 e. The zero-order valence-corrected chi connectivity index (χ0v) is 16.1. The van der Waals surface area contributed by atoms with E-state index in [2.05, 4.69) is 10.3 Å². The number of pyridine rings is 1. The number of benzene rings is 1. The third kappa shape index (κ3) is 5.34. The van der Waals surface area contributed by atoms with Crippen LogP contribution in [0.2, 0.25) is 10.0 Å². The number of carbonyl (C=O) groups excluding carboxylic acids is 2. The molecule has 0 aliphatic carbocycles. The Bertz CT molecular complexity index is 820. The highest BCUT2D eigenvalue weighted by atomic mass is 35.5. The summed E-state index contributed by atoms with van der Waals surface area (Å²) in [6, 6.07) is 7.14. The second kappa shape index (κ2) is 8.87. The molecular formula is C18H18Cl2N2O4. The van der Waals surface area contributed by atoms with Gasteiger partial charge in [0.15, 0.2) is 19.0 Å². The summed E-state index contributed by atoms with van der Waals surface area (Å²) >= 11 is 11.9. The Morgan fingerprint density at radius 3 is 2.38 bits per heavy atom. The number of nitrogens with one attached hydrogen (secondary N) is 1. The van der Waals surface area contributed by atoms with Gasteiger partial charge >= 0.3 is 5.97 Å². The molecule has 0 aliphatic heterocycles. The summed E-state index contributed by atoms with van der Waals surface area (Å²) in [6.45, 7) is 4.67. The number of ether oxygens (including phenoxy) is 2. The van der Waals surface area contributed by atoms with Crippen molar-refractivity contribution in [2.45, 2.75) is 20.8 Å². The Hall–Kier alpha value is -2.31. The minimum absolute atomic E-state index is 0.154. The number of hydrogen-bond donors (Lipinski definition) is 1. The van der Waals surface area contributed by atoms with Crippen molar-refractivity contribution >= 4 is 40.9 Å². The van der Waals surface area contributed by atoms with Crippen molar-refractivity contribution in [1.29, 1.82) is 0 Å². The molecule has 0 spiro atoms. The van der Waals surface area contributed by atoms with Crippen LogP contribution in [0.3, 0.4) is 0 Å². The van der Waals surface area contributed by atoms with Crippen molar-refractivity contribution in [3.63, 3.8) is 0 Å². The van der Waals surface area contributed by atoms with Crippen LogP contribution in [0, 0.1) is 20.8 Å². The van der Waals surface area contributed by atoms with Gasteiger partial charge in [-0.1, -0.05) is 41.4 Å². The first-order chi connectivity index (χ1) is 12.3. The summed E-state index contributed by atoms with van der Waals surface area (Å²) in [5, 5.41) is 3.05. The van der Waals surface area contributed by atoms with Gasteiger partial charge in [0.1, 0.15) is 5.75 Å². The summed E-state index contributed by atoms with van der Waals surface area (Å²) in [4.78, 5) is 27.7. The van der Waals surface area contributed by atoms with E-state index < -0.39 is 18.5 Å². The van der Waals surface area contributed by atoms with Gasteiger partial charge in [0.25, 0.3) is 5.91 Å². The lowest BCUT2D eigenvalue weighted by Crippen LogP contribution is -2.24. The van der Waals surface area contributed by atoms with Gasteiger partial charge in [0.05, 0.1) is 15.7 Å². The Balaban J connectivity index is 1.84. The highest BCUT2D eigenvalue weighted by Gasteiger charge is 2.13. The second-order valence-electron chi connectivity index (χ2n) is 5.60. The fourth-order valence-electron chi connectivity index (χ4n) is 2.16. The normalized spacial score (nSPS) is 10.3. The molecule has 0 bridgehead atoms. The Kier molecular flexibility index (Phi) is 6.83. The van der Waals surface area contributed by atoms with Crippen LogP contribution in [0.15, 0.2) is 24.3 Å². The molecule has 1 N–H and O–H groups in total. The lowest BCUT2D eigenvalue weighted by molar-refractivity contribution is -0.149. The fourth-order valence-corrected chi connectivity index (χ4v) is 2.57. The van der Waals surface area contributed by atoms with E-state index in [0.29, 0.717) is 16.5 Å². The molecule has 1 aromatic carbocycles. The smallest absolute Gasteiger partial charge is 0.344 e. The van der Waals surface area contributed by atoms with Crippen molar-refractivity contribution in [2.75, 3.05) is 18.5 Å².